The van der Waals surface area contributed by atoms with E-state index in [1.807, 2.05) is 65.6 Å². The Morgan fingerprint density at radius 3 is 2.20 bits per heavy atom. The van der Waals surface area contributed by atoms with Crippen LogP contribution in [0.4, 0.5) is 5.82 Å². The Kier molecular flexibility index (Phi) is 11.0. The zero-order valence-electron chi connectivity index (χ0n) is 27.6. The van der Waals surface area contributed by atoms with Crippen molar-refractivity contribution in [3.8, 4) is 0 Å². The van der Waals surface area contributed by atoms with Gasteiger partial charge in [-0.25, -0.2) is 10.0 Å². The molecule has 0 aliphatic carbocycles. The first-order valence-electron chi connectivity index (χ1n) is 15.7. The summed E-state index contributed by atoms with van der Waals surface area (Å²) in [5.41, 5.74) is -0.518. The minimum Gasteiger partial charge on any atom is -0.342 e. The summed E-state index contributed by atoms with van der Waals surface area (Å²) in [6.45, 7) is 12.0. The monoisotopic (exact) mass is 630 g/mol. The van der Waals surface area contributed by atoms with Gasteiger partial charge in [0.2, 0.25) is 24.1 Å². The molecule has 1 aliphatic heterocycles. The number of nitrogens with zero attached hydrogens (tertiary/aromatic N) is 4. The maximum absolute atomic E-state index is 13.8. The molecule has 4 amide bonds. The van der Waals surface area contributed by atoms with Crippen molar-refractivity contribution in [3.05, 3.63) is 84.3 Å². The molecule has 2 heterocycles. The van der Waals surface area contributed by atoms with E-state index in [9.17, 15) is 19.2 Å². The van der Waals surface area contributed by atoms with Crippen LogP contribution < -0.4 is 10.6 Å². The number of piperidine rings is 1. The third kappa shape index (κ3) is 8.81. The van der Waals surface area contributed by atoms with Gasteiger partial charge in [-0.05, 0) is 64.5 Å². The van der Waals surface area contributed by atoms with Crippen LogP contribution in [0.3, 0.4) is 0 Å². The minimum absolute atomic E-state index is 0.0259. The first-order valence-corrected chi connectivity index (χ1v) is 15.7. The van der Waals surface area contributed by atoms with Crippen molar-refractivity contribution in [1.82, 2.24) is 24.8 Å². The maximum Gasteiger partial charge on any atom is 0.250 e. The third-order valence-electron chi connectivity index (χ3n) is 8.07. The molecule has 0 spiro atoms. The summed E-state index contributed by atoms with van der Waals surface area (Å²) in [5.74, 6) is -0.279. The van der Waals surface area contributed by atoms with Crippen LogP contribution in [-0.4, -0.2) is 73.9 Å². The minimum atomic E-state index is -1.43. The molecule has 46 heavy (non-hydrogen) atoms. The Labute approximate surface area is 271 Å². The summed E-state index contributed by atoms with van der Waals surface area (Å²) in [7, 11) is 0. The third-order valence-corrected chi connectivity index (χ3v) is 8.07. The number of likely N-dealkylation sites (tertiary alicyclic amines) is 1. The molecule has 11 nitrogen and oxygen atoms in total. The number of hydrogen-bond acceptors (Lipinski definition) is 6. The van der Waals surface area contributed by atoms with Crippen molar-refractivity contribution >= 4 is 29.9 Å². The van der Waals surface area contributed by atoms with Crippen molar-refractivity contribution in [1.29, 1.82) is 0 Å². The molecule has 2 N–H and O–H groups in total. The van der Waals surface area contributed by atoms with E-state index >= 15 is 0 Å². The van der Waals surface area contributed by atoms with Crippen LogP contribution in [0.15, 0.2) is 73.2 Å². The van der Waals surface area contributed by atoms with Crippen LogP contribution in [0.2, 0.25) is 0 Å². The van der Waals surface area contributed by atoms with Crippen molar-refractivity contribution in [2.45, 2.75) is 84.0 Å². The molecule has 0 bridgehead atoms. The SMILES string of the molecule is CC1CCN(C(=O)C(c2ccccc2)n2cnc(NC(=O)[C@@H](Cc3ccccc3)NC(=O)C(C)(C)N(C=O)OC(C)(C)C)c2)CC1. The van der Waals surface area contributed by atoms with Gasteiger partial charge in [-0.2, -0.15) is 0 Å². The standard InChI is InChI=1S/C35H46N6O5/c1-25-17-19-39(20-18-25)32(44)30(27-15-11-8-12-16-27)40-22-29(36-23-40)38-31(43)28(21-26-13-9-7-10-14-26)37-33(45)35(5,6)41(24-42)46-34(2,3)4/h7-16,22-25,28,30H,17-21H2,1-6H3,(H,37,45)(H,38,43)/t28-,30?/m1/s1. The fourth-order valence-electron chi connectivity index (χ4n) is 5.29. The Morgan fingerprint density at radius 2 is 1.61 bits per heavy atom. The lowest BCUT2D eigenvalue weighted by atomic mass is 9.97. The number of carbonyl (C=O) groups is 4. The Hall–Kier alpha value is -4.51. The molecule has 1 saturated heterocycles. The largest absolute Gasteiger partial charge is 0.342 e. The van der Waals surface area contributed by atoms with E-state index in [0.29, 0.717) is 25.4 Å². The van der Waals surface area contributed by atoms with Gasteiger partial charge < -0.3 is 20.1 Å². The zero-order valence-corrected chi connectivity index (χ0v) is 27.6. The zero-order chi connectivity index (χ0) is 33.5. The molecule has 2 atom stereocenters. The topological polar surface area (TPSA) is 126 Å². The highest BCUT2D eigenvalue weighted by molar-refractivity contribution is 5.98. The van der Waals surface area contributed by atoms with Crippen LogP contribution in [0, 0.1) is 5.92 Å². The number of rotatable bonds is 12. The van der Waals surface area contributed by atoms with Crippen LogP contribution in [0.1, 0.15) is 71.6 Å². The van der Waals surface area contributed by atoms with Crippen molar-refractivity contribution < 1.29 is 24.0 Å². The van der Waals surface area contributed by atoms with Gasteiger partial charge >= 0.3 is 0 Å². The predicted octanol–water partition coefficient (Wildman–Crippen LogP) is 4.36. The van der Waals surface area contributed by atoms with E-state index in [1.165, 1.54) is 6.33 Å². The molecule has 1 unspecified atom stereocenters. The van der Waals surface area contributed by atoms with E-state index in [1.54, 1.807) is 45.4 Å². The quantitative estimate of drug-likeness (QED) is 0.226. The van der Waals surface area contributed by atoms with E-state index in [0.717, 1.165) is 29.0 Å². The Morgan fingerprint density at radius 1 is 1.00 bits per heavy atom. The lowest BCUT2D eigenvalue weighted by molar-refractivity contribution is -0.247. The smallest absolute Gasteiger partial charge is 0.250 e. The molecule has 246 valence electrons. The molecule has 0 radical (unpaired) electrons. The van der Waals surface area contributed by atoms with E-state index in [2.05, 4.69) is 22.5 Å². The Balaban J connectivity index is 1.56. The predicted molar refractivity (Wildman–Crippen MR) is 175 cm³/mol. The number of amides is 4. The number of anilines is 1. The normalized spacial score (nSPS) is 15.5. The Bertz CT molecular complexity index is 1480. The summed E-state index contributed by atoms with van der Waals surface area (Å²) < 4.78 is 1.71. The van der Waals surface area contributed by atoms with Gasteiger partial charge in [0.25, 0.3) is 0 Å². The van der Waals surface area contributed by atoms with Gasteiger partial charge in [-0.3, -0.25) is 24.0 Å². The van der Waals surface area contributed by atoms with Crippen molar-refractivity contribution in [2.75, 3.05) is 18.4 Å². The highest BCUT2D eigenvalue weighted by Gasteiger charge is 2.39. The molecule has 0 saturated carbocycles. The van der Waals surface area contributed by atoms with Gasteiger partial charge in [0.05, 0.1) is 11.9 Å². The number of imidazole rings is 1. The van der Waals surface area contributed by atoms with Gasteiger partial charge in [0.1, 0.15) is 17.6 Å². The summed E-state index contributed by atoms with van der Waals surface area (Å²) in [6, 6.07) is 17.2. The molecule has 1 fully saturated rings. The molecule has 4 rings (SSSR count). The highest BCUT2D eigenvalue weighted by Crippen LogP contribution is 2.26. The number of hydroxylamine groups is 2. The van der Waals surface area contributed by atoms with Gasteiger partial charge in [-0.1, -0.05) is 67.6 Å². The number of hydrogen-bond donors (Lipinski definition) is 2. The number of aromatic nitrogens is 2. The first kappa shape index (κ1) is 34.4. The number of carbonyl (C=O) groups excluding carboxylic acids is 4. The van der Waals surface area contributed by atoms with Crippen LogP contribution in [-0.2, 0) is 30.4 Å². The van der Waals surface area contributed by atoms with E-state index in [4.69, 9.17) is 4.84 Å². The van der Waals surface area contributed by atoms with Gasteiger partial charge in [-0.15, -0.1) is 0 Å². The fourth-order valence-corrected chi connectivity index (χ4v) is 5.29. The van der Waals surface area contributed by atoms with Crippen LogP contribution in [0.5, 0.6) is 0 Å². The van der Waals surface area contributed by atoms with Crippen LogP contribution in [0.25, 0.3) is 0 Å². The molecule has 1 aliphatic rings. The lowest BCUT2D eigenvalue weighted by Crippen LogP contribution is -2.59. The van der Waals surface area contributed by atoms with Crippen molar-refractivity contribution in [3.63, 3.8) is 0 Å². The van der Waals surface area contributed by atoms with E-state index in [-0.39, 0.29) is 18.1 Å². The first-order chi connectivity index (χ1) is 21.8. The average Bonchev–Trinajstić information content (AvgIpc) is 3.47. The highest BCUT2D eigenvalue weighted by atomic mass is 16.7. The summed E-state index contributed by atoms with van der Waals surface area (Å²) in [6.07, 6.45) is 5.73. The summed E-state index contributed by atoms with van der Waals surface area (Å²) in [5, 5.41) is 6.61. The molecule has 3 aromatic rings. The van der Waals surface area contributed by atoms with E-state index < -0.39 is 35.0 Å². The van der Waals surface area contributed by atoms with Crippen molar-refractivity contribution in [2.24, 2.45) is 5.92 Å². The van der Waals surface area contributed by atoms with Gasteiger partial charge in [0, 0.05) is 25.7 Å². The number of nitrogens with one attached hydrogen (secondary N) is 2. The maximum atomic E-state index is 13.8. The molecule has 1 aromatic heterocycles. The second-order valence-electron chi connectivity index (χ2n) is 13.4. The molecule has 2 aromatic carbocycles. The average molecular weight is 631 g/mol. The second-order valence-corrected chi connectivity index (χ2v) is 13.4. The van der Waals surface area contributed by atoms with Crippen LogP contribution >= 0.6 is 0 Å². The second kappa shape index (κ2) is 14.7. The fraction of sp³-hybridized carbons (Fsp3) is 0.457. The summed E-state index contributed by atoms with van der Waals surface area (Å²) >= 11 is 0. The number of benzene rings is 2. The van der Waals surface area contributed by atoms with Gasteiger partial charge in [0.15, 0.2) is 5.82 Å². The lowest BCUT2D eigenvalue weighted by Gasteiger charge is -2.37. The summed E-state index contributed by atoms with van der Waals surface area (Å²) in [4.78, 5) is 65.1. The molecular weight excluding hydrogens is 584 g/mol. The molecule has 11 heteroatoms. The molecular formula is C35H46N6O5.